The third kappa shape index (κ3) is 6.82. The molecule has 0 spiro atoms. The molecule has 0 aliphatic heterocycles. The van der Waals surface area contributed by atoms with E-state index < -0.39 is 0 Å². The van der Waals surface area contributed by atoms with Crippen LogP contribution < -0.4 is 16.4 Å². The summed E-state index contributed by atoms with van der Waals surface area (Å²) in [6, 6.07) is 26.2. The molecule has 0 bridgehead atoms. The van der Waals surface area contributed by atoms with Gasteiger partial charge in [-0.3, -0.25) is 4.79 Å². The van der Waals surface area contributed by atoms with Gasteiger partial charge in [0.1, 0.15) is 0 Å². The largest absolute Gasteiger partial charge is 0.385 e. The summed E-state index contributed by atoms with van der Waals surface area (Å²) < 4.78 is 0. The number of carbonyl (C=O) groups is 1. The van der Waals surface area contributed by atoms with Crippen molar-refractivity contribution in [3.8, 4) is 0 Å². The van der Waals surface area contributed by atoms with Crippen LogP contribution in [0.5, 0.6) is 0 Å². The van der Waals surface area contributed by atoms with Crippen molar-refractivity contribution in [1.82, 2.24) is 0 Å². The lowest BCUT2D eigenvalue weighted by Gasteiger charge is -2.18. The number of anilines is 2. The molecule has 166 valence electrons. The van der Waals surface area contributed by atoms with E-state index in [0.29, 0.717) is 13.0 Å². The van der Waals surface area contributed by atoms with E-state index in [0.717, 1.165) is 41.9 Å². The number of benzene rings is 3. The fourth-order valence-electron chi connectivity index (χ4n) is 3.69. The van der Waals surface area contributed by atoms with Crippen LogP contribution in [0.25, 0.3) is 6.08 Å². The lowest BCUT2D eigenvalue weighted by atomic mass is 9.94. The third-order valence-electron chi connectivity index (χ3n) is 5.36. The highest BCUT2D eigenvalue weighted by atomic mass is 16.1. The minimum absolute atomic E-state index is 0.0262. The van der Waals surface area contributed by atoms with Gasteiger partial charge in [-0.25, -0.2) is 0 Å². The van der Waals surface area contributed by atoms with E-state index in [1.165, 1.54) is 5.56 Å². The maximum absolute atomic E-state index is 13.1. The number of nitrogens with two attached hydrogens (primary N) is 1. The minimum Gasteiger partial charge on any atom is -0.385 e. The average Bonchev–Trinajstić information content (AvgIpc) is 2.83. The number of amides is 1. The van der Waals surface area contributed by atoms with Crippen LogP contribution in [-0.4, -0.2) is 19.0 Å². The van der Waals surface area contributed by atoms with Gasteiger partial charge in [0, 0.05) is 17.9 Å². The van der Waals surface area contributed by atoms with E-state index >= 15 is 0 Å². The lowest BCUT2D eigenvalue weighted by Crippen LogP contribution is -2.23. The van der Waals surface area contributed by atoms with Gasteiger partial charge in [0.15, 0.2) is 0 Å². The summed E-state index contributed by atoms with van der Waals surface area (Å²) in [5.74, 6) is -0.290. The molecule has 0 aliphatic carbocycles. The summed E-state index contributed by atoms with van der Waals surface area (Å²) in [4.78, 5) is 13.1. The molecule has 0 heterocycles. The highest BCUT2D eigenvalue weighted by Crippen LogP contribution is 2.25. The molecule has 1 atom stereocenters. The first kappa shape index (κ1) is 23.3. The zero-order valence-electron chi connectivity index (χ0n) is 18.8. The molecule has 4 N–H and O–H groups in total. The first-order valence-corrected chi connectivity index (χ1v) is 11.4. The Morgan fingerprint density at radius 1 is 1.00 bits per heavy atom. The van der Waals surface area contributed by atoms with Crippen LogP contribution in [0.15, 0.2) is 84.9 Å². The van der Waals surface area contributed by atoms with Crippen molar-refractivity contribution in [3.63, 3.8) is 0 Å². The first-order valence-electron chi connectivity index (χ1n) is 11.4. The molecule has 0 aromatic heterocycles. The van der Waals surface area contributed by atoms with Gasteiger partial charge in [0.05, 0.1) is 5.92 Å². The van der Waals surface area contributed by atoms with Gasteiger partial charge in [-0.2, -0.15) is 0 Å². The number of nitrogens with one attached hydrogen (secondary N) is 2. The molecular formula is C28H33N3O. The van der Waals surface area contributed by atoms with Crippen molar-refractivity contribution in [1.29, 1.82) is 0 Å². The Morgan fingerprint density at radius 3 is 2.41 bits per heavy atom. The minimum atomic E-state index is -0.263. The van der Waals surface area contributed by atoms with E-state index in [-0.39, 0.29) is 11.8 Å². The number of allylic oxidation sites excluding steroid dienone is 1. The molecule has 0 aliphatic rings. The summed E-state index contributed by atoms with van der Waals surface area (Å²) >= 11 is 0. The molecule has 1 unspecified atom stereocenters. The van der Waals surface area contributed by atoms with Gasteiger partial charge >= 0.3 is 0 Å². The highest BCUT2D eigenvalue weighted by molar-refractivity contribution is 5.96. The standard InChI is InChI=1S/C28H33N3O/c1-2-20-30-27-17-16-25(21-24(27)15-9-12-22-10-5-3-6-11-22)31-28(32)26(18-19-29)23-13-7-4-8-14-23/h3-14,16-17,21,26,30H,2,15,18-20,29H2,1H3,(H,31,32). The topological polar surface area (TPSA) is 67.1 Å². The fourth-order valence-corrected chi connectivity index (χ4v) is 3.69. The lowest BCUT2D eigenvalue weighted by molar-refractivity contribution is -0.117. The maximum atomic E-state index is 13.1. The second-order valence-corrected chi connectivity index (χ2v) is 7.85. The zero-order valence-corrected chi connectivity index (χ0v) is 18.8. The molecule has 4 heteroatoms. The monoisotopic (exact) mass is 427 g/mol. The summed E-state index contributed by atoms with van der Waals surface area (Å²) in [6.45, 7) is 3.52. The predicted octanol–water partition coefficient (Wildman–Crippen LogP) is 5.84. The zero-order chi connectivity index (χ0) is 22.6. The predicted molar refractivity (Wildman–Crippen MR) is 136 cm³/mol. The van der Waals surface area contributed by atoms with Gasteiger partial charge in [-0.15, -0.1) is 0 Å². The van der Waals surface area contributed by atoms with Crippen LogP contribution in [0.3, 0.4) is 0 Å². The van der Waals surface area contributed by atoms with Gasteiger partial charge < -0.3 is 16.4 Å². The summed E-state index contributed by atoms with van der Waals surface area (Å²) in [5.41, 5.74) is 11.0. The molecule has 0 saturated heterocycles. The van der Waals surface area contributed by atoms with E-state index in [4.69, 9.17) is 5.73 Å². The Kier molecular flexibility index (Phi) is 9.08. The SMILES string of the molecule is CCCNc1ccc(NC(=O)C(CCN)c2ccccc2)cc1CC=Cc1ccccc1. The van der Waals surface area contributed by atoms with Gasteiger partial charge in [-0.05, 0) is 60.7 Å². The van der Waals surface area contributed by atoms with Crippen molar-refractivity contribution in [2.24, 2.45) is 5.73 Å². The van der Waals surface area contributed by atoms with Crippen molar-refractivity contribution in [2.75, 3.05) is 23.7 Å². The molecule has 0 fully saturated rings. The van der Waals surface area contributed by atoms with Crippen LogP contribution in [-0.2, 0) is 11.2 Å². The number of carbonyl (C=O) groups excluding carboxylic acids is 1. The Bertz CT molecular complexity index is 1000. The van der Waals surface area contributed by atoms with Crippen molar-refractivity contribution in [2.45, 2.75) is 32.1 Å². The average molecular weight is 428 g/mol. The van der Waals surface area contributed by atoms with Crippen molar-refractivity contribution >= 4 is 23.4 Å². The second-order valence-electron chi connectivity index (χ2n) is 7.85. The fraction of sp³-hybridized carbons (Fsp3) is 0.250. The number of hydrogen-bond donors (Lipinski definition) is 3. The van der Waals surface area contributed by atoms with Crippen LogP contribution in [0.2, 0.25) is 0 Å². The van der Waals surface area contributed by atoms with Crippen molar-refractivity contribution < 1.29 is 4.79 Å². The summed E-state index contributed by atoms with van der Waals surface area (Å²) in [7, 11) is 0. The van der Waals surface area contributed by atoms with E-state index in [2.05, 4.69) is 54.0 Å². The molecular weight excluding hydrogens is 394 g/mol. The third-order valence-corrected chi connectivity index (χ3v) is 5.36. The van der Waals surface area contributed by atoms with E-state index in [1.807, 2.05) is 54.6 Å². The van der Waals surface area contributed by atoms with Crippen LogP contribution in [0, 0.1) is 0 Å². The number of rotatable bonds is 11. The van der Waals surface area contributed by atoms with Crippen molar-refractivity contribution in [3.05, 3.63) is 102 Å². The molecule has 1 amide bonds. The molecule has 3 rings (SSSR count). The Labute approximate surface area is 191 Å². The molecule has 4 nitrogen and oxygen atoms in total. The molecule has 0 saturated carbocycles. The quantitative estimate of drug-likeness (QED) is 0.360. The number of hydrogen-bond acceptors (Lipinski definition) is 3. The smallest absolute Gasteiger partial charge is 0.231 e. The first-order chi connectivity index (χ1) is 15.7. The summed E-state index contributed by atoms with van der Waals surface area (Å²) in [6.07, 6.45) is 6.72. The highest BCUT2D eigenvalue weighted by Gasteiger charge is 2.20. The van der Waals surface area contributed by atoms with Crippen LogP contribution in [0.4, 0.5) is 11.4 Å². The van der Waals surface area contributed by atoms with Crippen LogP contribution >= 0.6 is 0 Å². The molecule has 3 aromatic carbocycles. The Morgan fingerprint density at radius 2 is 1.72 bits per heavy atom. The Hall–Kier alpha value is -3.37. The maximum Gasteiger partial charge on any atom is 0.231 e. The van der Waals surface area contributed by atoms with Gasteiger partial charge in [0.2, 0.25) is 5.91 Å². The molecule has 32 heavy (non-hydrogen) atoms. The Balaban J connectivity index is 1.77. The van der Waals surface area contributed by atoms with Crippen LogP contribution in [0.1, 0.15) is 42.4 Å². The van der Waals surface area contributed by atoms with E-state index in [1.54, 1.807) is 0 Å². The van der Waals surface area contributed by atoms with Gasteiger partial charge in [-0.1, -0.05) is 79.7 Å². The normalized spacial score (nSPS) is 11.9. The summed E-state index contributed by atoms with van der Waals surface area (Å²) in [5, 5.41) is 6.61. The molecule has 3 aromatic rings. The van der Waals surface area contributed by atoms with Gasteiger partial charge in [0.25, 0.3) is 0 Å². The van der Waals surface area contributed by atoms with E-state index in [9.17, 15) is 4.79 Å². The second kappa shape index (κ2) is 12.5. The molecule has 0 radical (unpaired) electrons.